The summed E-state index contributed by atoms with van der Waals surface area (Å²) in [6.07, 6.45) is 5.42. The molecule has 1 unspecified atom stereocenters. The molecule has 0 aliphatic carbocycles. The molecule has 1 aromatic carbocycles. The summed E-state index contributed by atoms with van der Waals surface area (Å²) < 4.78 is 27.2. The highest BCUT2D eigenvalue weighted by Crippen LogP contribution is 2.35. The SMILES string of the molecule is Cc1nn([C@H](C)c2ccc(Cl)cc2Cl)c2nc(N3CC(C4CCCN(CCNS(C)(=O)=O)C4)C3)cnc12. The molecule has 2 aliphatic rings. The van der Waals surface area contributed by atoms with Crippen LogP contribution in [-0.2, 0) is 10.0 Å². The molecule has 3 aromatic rings. The van der Waals surface area contributed by atoms with Gasteiger partial charge >= 0.3 is 0 Å². The fraction of sp³-hybridized carbons (Fsp3) is 0.560. The summed E-state index contributed by atoms with van der Waals surface area (Å²) in [5.74, 6) is 2.07. The van der Waals surface area contributed by atoms with Gasteiger partial charge in [-0.1, -0.05) is 29.3 Å². The molecular weight excluding hydrogens is 533 g/mol. The standard InChI is InChI=1S/C25H33Cl2N7O2S/c1-16-24-25(34(31-16)17(2)21-7-6-20(26)11-22(21)27)30-23(12-28-24)33-14-19(15-33)18-5-4-9-32(13-18)10-8-29-37(3,35)36/h6-7,11-12,17-19,29H,4-5,8-10,13-15H2,1-3H3/t17-,18?/m1/s1. The third kappa shape index (κ3) is 5.88. The summed E-state index contributed by atoms with van der Waals surface area (Å²) in [5, 5.41) is 5.95. The Bertz CT molecular complexity index is 1390. The van der Waals surface area contributed by atoms with E-state index >= 15 is 0 Å². The van der Waals surface area contributed by atoms with Gasteiger partial charge < -0.3 is 9.80 Å². The van der Waals surface area contributed by atoms with E-state index in [0.717, 1.165) is 67.4 Å². The molecule has 9 nitrogen and oxygen atoms in total. The van der Waals surface area contributed by atoms with E-state index < -0.39 is 10.0 Å². The Morgan fingerprint density at radius 3 is 2.70 bits per heavy atom. The van der Waals surface area contributed by atoms with E-state index in [1.54, 1.807) is 6.07 Å². The quantitative estimate of drug-likeness (QED) is 0.444. The zero-order chi connectivity index (χ0) is 26.3. The average molecular weight is 567 g/mol. The van der Waals surface area contributed by atoms with Gasteiger partial charge in [-0.2, -0.15) is 5.10 Å². The van der Waals surface area contributed by atoms with Crippen LogP contribution in [0.3, 0.4) is 0 Å². The largest absolute Gasteiger partial charge is 0.355 e. The van der Waals surface area contributed by atoms with Crippen LogP contribution in [-0.4, -0.2) is 78.6 Å². The monoisotopic (exact) mass is 565 g/mol. The lowest BCUT2D eigenvalue weighted by molar-refractivity contribution is 0.121. The maximum Gasteiger partial charge on any atom is 0.208 e. The highest BCUT2D eigenvalue weighted by molar-refractivity contribution is 7.88. The number of hydrogen-bond donors (Lipinski definition) is 1. The first-order chi connectivity index (χ1) is 17.6. The number of nitrogens with one attached hydrogen (secondary N) is 1. The lowest BCUT2D eigenvalue weighted by Gasteiger charge is -2.47. The van der Waals surface area contributed by atoms with Crippen LogP contribution in [0.1, 0.15) is 37.1 Å². The molecule has 2 fully saturated rings. The Morgan fingerprint density at radius 2 is 1.97 bits per heavy atom. The summed E-state index contributed by atoms with van der Waals surface area (Å²) in [6, 6.07) is 5.39. The number of piperidine rings is 1. The molecule has 37 heavy (non-hydrogen) atoms. The van der Waals surface area contributed by atoms with Gasteiger partial charge in [0.1, 0.15) is 11.3 Å². The van der Waals surface area contributed by atoms with Gasteiger partial charge in [0.25, 0.3) is 0 Å². The number of rotatable bonds is 8. The second kappa shape index (κ2) is 10.6. The van der Waals surface area contributed by atoms with Crippen LogP contribution >= 0.6 is 23.2 Å². The smallest absolute Gasteiger partial charge is 0.208 e. The Kier molecular flexibility index (Phi) is 7.66. The molecular formula is C25H33Cl2N7O2S. The zero-order valence-corrected chi connectivity index (χ0v) is 23.7. The maximum atomic E-state index is 11.4. The van der Waals surface area contributed by atoms with Crippen molar-refractivity contribution in [1.82, 2.24) is 29.4 Å². The number of hydrogen-bond acceptors (Lipinski definition) is 7. The molecule has 2 saturated heterocycles. The number of likely N-dealkylation sites (tertiary alicyclic amines) is 1. The summed E-state index contributed by atoms with van der Waals surface area (Å²) in [5.41, 5.74) is 3.31. The van der Waals surface area contributed by atoms with Crippen molar-refractivity contribution in [1.29, 1.82) is 0 Å². The van der Waals surface area contributed by atoms with Crippen molar-refractivity contribution in [2.45, 2.75) is 32.7 Å². The molecule has 0 radical (unpaired) electrons. The van der Waals surface area contributed by atoms with Crippen LogP contribution in [0.15, 0.2) is 24.4 Å². The highest BCUT2D eigenvalue weighted by atomic mass is 35.5. The molecule has 200 valence electrons. The molecule has 0 amide bonds. The maximum absolute atomic E-state index is 11.4. The number of aromatic nitrogens is 4. The van der Waals surface area contributed by atoms with Crippen molar-refractivity contribution in [2.75, 3.05) is 50.4 Å². The lowest BCUT2D eigenvalue weighted by Crippen LogP contribution is -2.54. The predicted molar refractivity (Wildman–Crippen MR) is 148 cm³/mol. The van der Waals surface area contributed by atoms with Crippen molar-refractivity contribution in [3.8, 4) is 0 Å². The number of halogens is 2. The number of sulfonamides is 1. The van der Waals surface area contributed by atoms with Crippen molar-refractivity contribution < 1.29 is 8.42 Å². The predicted octanol–water partition coefficient (Wildman–Crippen LogP) is 3.75. The van der Waals surface area contributed by atoms with Crippen molar-refractivity contribution in [3.63, 3.8) is 0 Å². The minimum atomic E-state index is -3.14. The number of anilines is 1. The van der Waals surface area contributed by atoms with Gasteiger partial charge in [0, 0.05) is 42.8 Å². The molecule has 2 aromatic heterocycles. The zero-order valence-electron chi connectivity index (χ0n) is 21.4. The van der Waals surface area contributed by atoms with Crippen LogP contribution in [0.4, 0.5) is 5.82 Å². The van der Waals surface area contributed by atoms with E-state index in [9.17, 15) is 8.42 Å². The van der Waals surface area contributed by atoms with E-state index in [2.05, 4.69) is 21.4 Å². The molecule has 2 aliphatic heterocycles. The van der Waals surface area contributed by atoms with Gasteiger partial charge in [0.05, 0.1) is 24.2 Å². The summed E-state index contributed by atoms with van der Waals surface area (Å²) in [4.78, 5) is 14.4. The summed E-state index contributed by atoms with van der Waals surface area (Å²) >= 11 is 12.6. The van der Waals surface area contributed by atoms with Gasteiger partial charge in [-0.15, -0.1) is 0 Å². The van der Waals surface area contributed by atoms with E-state index in [1.807, 2.05) is 29.9 Å². The van der Waals surface area contributed by atoms with Gasteiger partial charge in [-0.3, -0.25) is 0 Å². The minimum Gasteiger partial charge on any atom is -0.355 e. The number of benzene rings is 1. The average Bonchev–Trinajstić information content (AvgIpc) is 3.13. The fourth-order valence-electron chi connectivity index (χ4n) is 5.50. The van der Waals surface area contributed by atoms with Crippen LogP contribution in [0.5, 0.6) is 0 Å². The molecule has 4 heterocycles. The Labute approximate surface area is 228 Å². The second-order valence-corrected chi connectivity index (χ2v) is 13.0. The molecule has 12 heteroatoms. The topological polar surface area (TPSA) is 96.3 Å². The van der Waals surface area contributed by atoms with Gasteiger partial charge in [-0.25, -0.2) is 27.8 Å². The minimum absolute atomic E-state index is 0.125. The fourth-order valence-corrected chi connectivity index (χ4v) is 6.53. The number of fused-ring (bicyclic) bond motifs is 1. The Balaban J connectivity index is 1.26. The van der Waals surface area contributed by atoms with Crippen molar-refractivity contribution in [2.24, 2.45) is 11.8 Å². The third-order valence-corrected chi connectivity index (χ3v) is 8.86. The first-order valence-electron chi connectivity index (χ1n) is 12.7. The Morgan fingerprint density at radius 1 is 1.19 bits per heavy atom. The molecule has 0 saturated carbocycles. The third-order valence-electron chi connectivity index (χ3n) is 7.57. The number of nitrogens with zero attached hydrogens (tertiary/aromatic N) is 6. The van der Waals surface area contributed by atoms with Crippen LogP contribution in [0.25, 0.3) is 11.2 Å². The molecule has 0 bridgehead atoms. The van der Waals surface area contributed by atoms with Crippen molar-refractivity contribution >= 4 is 50.2 Å². The first-order valence-corrected chi connectivity index (χ1v) is 15.3. The van der Waals surface area contributed by atoms with E-state index in [4.69, 9.17) is 38.3 Å². The molecule has 1 N–H and O–H groups in total. The van der Waals surface area contributed by atoms with Gasteiger partial charge in [0.15, 0.2) is 5.65 Å². The van der Waals surface area contributed by atoms with Crippen LogP contribution in [0, 0.1) is 18.8 Å². The summed E-state index contributed by atoms with van der Waals surface area (Å²) in [7, 11) is -3.14. The second-order valence-electron chi connectivity index (χ2n) is 10.3. The van der Waals surface area contributed by atoms with E-state index in [-0.39, 0.29) is 6.04 Å². The van der Waals surface area contributed by atoms with E-state index in [0.29, 0.717) is 28.4 Å². The van der Waals surface area contributed by atoms with Crippen LogP contribution in [0.2, 0.25) is 10.0 Å². The molecule has 5 rings (SSSR count). The highest BCUT2D eigenvalue weighted by Gasteiger charge is 2.36. The van der Waals surface area contributed by atoms with Gasteiger partial charge in [-0.05, 0) is 62.8 Å². The lowest BCUT2D eigenvalue weighted by atomic mass is 9.80. The first kappa shape index (κ1) is 26.6. The van der Waals surface area contributed by atoms with Crippen LogP contribution < -0.4 is 9.62 Å². The summed E-state index contributed by atoms with van der Waals surface area (Å²) in [6.45, 7) is 9.15. The van der Waals surface area contributed by atoms with E-state index in [1.165, 1.54) is 12.7 Å². The normalized spacial score (nSPS) is 20.4. The van der Waals surface area contributed by atoms with Crippen molar-refractivity contribution in [3.05, 3.63) is 45.7 Å². The molecule has 2 atom stereocenters. The molecule has 0 spiro atoms. The number of aryl methyl sites for hydroxylation is 1. The van der Waals surface area contributed by atoms with Gasteiger partial charge in [0.2, 0.25) is 10.0 Å². The Hall–Kier alpha value is -1.98.